The van der Waals surface area contributed by atoms with Gasteiger partial charge in [0.25, 0.3) is 0 Å². The van der Waals surface area contributed by atoms with Gasteiger partial charge < -0.3 is 25.0 Å². The molecule has 1 unspecified atom stereocenters. The average molecular weight is 482 g/mol. The van der Waals surface area contributed by atoms with Crippen molar-refractivity contribution in [2.75, 3.05) is 52.5 Å². The second kappa shape index (κ2) is 14.4. The van der Waals surface area contributed by atoms with E-state index in [0.717, 1.165) is 64.9 Å². The highest BCUT2D eigenvalue weighted by Gasteiger charge is 2.16. The number of nitrogens with one attached hydrogen (secondary N) is 2. The van der Waals surface area contributed by atoms with Crippen LogP contribution >= 0.6 is 24.0 Å². The zero-order chi connectivity index (χ0) is 17.7. The summed E-state index contributed by atoms with van der Waals surface area (Å²) < 4.78 is 11.2. The van der Waals surface area contributed by atoms with E-state index in [-0.39, 0.29) is 42.5 Å². The van der Waals surface area contributed by atoms with E-state index in [1.54, 1.807) is 0 Å². The second-order valence-electron chi connectivity index (χ2n) is 6.63. The molecule has 0 aromatic rings. The topological polar surface area (TPSA) is 75.2 Å². The van der Waals surface area contributed by atoms with Crippen LogP contribution < -0.4 is 10.6 Å². The summed E-state index contributed by atoms with van der Waals surface area (Å²) in [7, 11) is 0. The minimum absolute atomic E-state index is 0. The van der Waals surface area contributed by atoms with E-state index in [1.165, 1.54) is 6.42 Å². The van der Waals surface area contributed by atoms with E-state index in [1.807, 2.05) is 11.8 Å². The maximum Gasteiger partial charge on any atom is 0.244 e. The number of likely N-dealkylation sites (tertiary alicyclic amines) is 1. The van der Waals surface area contributed by atoms with Gasteiger partial charge in [0.1, 0.15) is 6.54 Å². The third kappa shape index (κ3) is 9.36. The first kappa shape index (κ1) is 23.4. The Hall–Kier alpha value is -0.610. The van der Waals surface area contributed by atoms with Crippen molar-refractivity contribution >= 4 is 35.8 Å². The van der Waals surface area contributed by atoms with E-state index < -0.39 is 0 Å². The Morgan fingerprint density at radius 2 is 2.04 bits per heavy atom. The van der Waals surface area contributed by atoms with Gasteiger partial charge >= 0.3 is 0 Å². The predicted octanol–water partition coefficient (Wildman–Crippen LogP) is 1.76. The highest BCUT2D eigenvalue weighted by molar-refractivity contribution is 14.0. The smallest absolute Gasteiger partial charge is 0.244 e. The fourth-order valence-corrected chi connectivity index (χ4v) is 3.10. The highest BCUT2D eigenvalue weighted by Crippen LogP contribution is 2.11. The Balaban J connectivity index is 0.00000338. The molecule has 2 aliphatic heterocycles. The summed E-state index contributed by atoms with van der Waals surface area (Å²) >= 11 is 0. The zero-order valence-corrected chi connectivity index (χ0v) is 18.3. The summed E-state index contributed by atoms with van der Waals surface area (Å²) in [6, 6.07) is 0. The van der Waals surface area contributed by atoms with Crippen molar-refractivity contribution in [1.82, 2.24) is 15.5 Å². The molecule has 2 saturated heterocycles. The lowest BCUT2D eigenvalue weighted by molar-refractivity contribution is -0.130. The number of rotatable bonds is 9. The molecular weight excluding hydrogens is 447 g/mol. The van der Waals surface area contributed by atoms with Crippen LogP contribution in [-0.4, -0.2) is 75.4 Å². The number of carbonyl (C=O) groups excluding carboxylic acids is 1. The molecule has 0 aromatic heterocycles. The van der Waals surface area contributed by atoms with Crippen LogP contribution in [0.3, 0.4) is 0 Å². The number of amides is 1. The van der Waals surface area contributed by atoms with Gasteiger partial charge in [-0.05, 0) is 45.4 Å². The van der Waals surface area contributed by atoms with Gasteiger partial charge in [0, 0.05) is 39.4 Å². The van der Waals surface area contributed by atoms with Crippen LogP contribution in [0.5, 0.6) is 0 Å². The van der Waals surface area contributed by atoms with Crippen molar-refractivity contribution in [3.8, 4) is 0 Å². The summed E-state index contributed by atoms with van der Waals surface area (Å²) in [6.45, 7) is 7.81. The number of halogens is 1. The Bertz CT molecular complexity index is 411. The Morgan fingerprint density at radius 3 is 2.73 bits per heavy atom. The summed E-state index contributed by atoms with van der Waals surface area (Å²) in [5.41, 5.74) is 0. The Morgan fingerprint density at radius 1 is 1.23 bits per heavy atom. The lowest BCUT2D eigenvalue weighted by atomic mass is 10.1. The van der Waals surface area contributed by atoms with Crippen molar-refractivity contribution in [3.63, 3.8) is 0 Å². The van der Waals surface area contributed by atoms with Crippen molar-refractivity contribution in [2.45, 2.75) is 51.6 Å². The number of piperidine rings is 1. The van der Waals surface area contributed by atoms with Crippen molar-refractivity contribution in [2.24, 2.45) is 4.99 Å². The molecule has 2 heterocycles. The molecule has 152 valence electrons. The summed E-state index contributed by atoms with van der Waals surface area (Å²) in [6.07, 6.45) is 6.89. The lowest BCUT2D eigenvalue weighted by Crippen LogP contribution is -2.41. The molecule has 0 spiro atoms. The number of hydrogen-bond acceptors (Lipinski definition) is 4. The average Bonchev–Trinajstić information content (AvgIpc) is 3.16. The van der Waals surface area contributed by atoms with E-state index in [0.29, 0.717) is 19.2 Å². The van der Waals surface area contributed by atoms with Gasteiger partial charge in [-0.1, -0.05) is 0 Å². The maximum absolute atomic E-state index is 12.2. The predicted molar refractivity (Wildman–Crippen MR) is 114 cm³/mol. The van der Waals surface area contributed by atoms with E-state index in [9.17, 15) is 4.79 Å². The van der Waals surface area contributed by atoms with Crippen molar-refractivity contribution in [1.29, 1.82) is 0 Å². The molecule has 2 rings (SSSR count). The molecule has 0 saturated carbocycles. The first-order valence-corrected chi connectivity index (χ1v) is 9.79. The van der Waals surface area contributed by atoms with E-state index >= 15 is 0 Å². The molecule has 2 fully saturated rings. The minimum atomic E-state index is 0. The van der Waals surface area contributed by atoms with Crippen LogP contribution in [0.1, 0.15) is 45.4 Å². The number of aliphatic imine (C=N–C) groups is 1. The molecular formula is C18H35IN4O3. The van der Waals surface area contributed by atoms with Crippen LogP contribution in [0.4, 0.5) is 0 Å². The van der Waals surface area contributed by atoms with Crippen molar-refractivity contribution in [3.05, 3.63) is 0 Å². The minimum Gasteiger partial charge on any atom is -0.379 e. The quantitative estimate of drug-likeness (QED) is 0.227. The second-order valence-corrected chi connectivity index (χ2v) is 6.63. The van der Waals surface area contributed by atoms with Crippen LogP contribution in [-0.2, 0) is 14.3 Å². The zero-order valence-electron chi connectivity index (χ0n) is 16.0. The molecule has 2 aliphatic rings. The monoisotopic (exact) mass is 482 g/mol. The van der Waals surface area contributed by atoms with Crippen LogP contribution in [0.15, 0.2) is 4.99 Å². The number of guanidine groups is 1. The molecule has 1 amide bonds. The first-order valence-electron chi connectivity index (χ1n) is 9.79. The Labute approximate surface area is 174 Å². The number of nitrogens with zero attached hydrogens (tertiary/aromatic N) is 2. The summed E-state index contributed by atoms with van der Waals surface area (Å²) in [5.74, 6) is 0.823. The highest BCUT2D eigenvalue weighted by atomic mass is 127. The lowest BCUT2D eigenvalue weighted by Gasteiger charge is -2.26. The molecule has 1 atom stereocenters. The molecule has 0 aromatic carbocycles. The van der Waals surface area contributed by atoms with E-state index in [4.69, 9.17) is 9.47 Å². The van der Waals surface area contributed by atoms with Crippen molar-refractivity contribution < 1.29 is 14.3 Å². The number of carbonyl (C=O) groups is 1. The molecule has 0 aliphatic carbocycles. The standard InChI is InChI=1S/C18H34N4O3.HI/c1-2-19-18(21-14-17(23)22-10-4-3-5-11-22)20-9-7-12-24-15-16-8-6-13-25-16;/h16H,2-15H2,1H3,(H2,19,20,21);1H. The molecule has 0 radical (unpaired) electrons. The third-order valence-electron chi connectivity index (χ3n) is 4.51. The van der Waals surface area contributed by atoms with Crippen LogP contribution in [0, 0.1) is 0 Å². The summed E-state index contributed by atoms with van der Waals surface area (Å²) in [5, 5.41) is 6.45. The van der Waals surface area contributed by atoms with Gasteiger partial charge in [0.05, 0.1) is 12.7 Å². The SMILES string of the molecule is CCNC(=NCC(=O)N1CCCCC1)NCCCOCC1CCCO1.I. The molecule has 8 heteroatoms. The van der Waals surface area contributed by atoms with Gasteiger partial charge in [-0.15, -0.1) is 24.0 Å². The fraction of sp³-hybridized carbons (Fsp3) is 0.889. The van der Waals surface area contributed by atoms with Gasteiger partial charge in [0.2, 0.25) is 5.91 Å². The molecule has 7 nitrogen and oxygen atoms in total. The largest absolute Gasteiger partial charge is 0.379 e. The van der Waals surface area contributed by atoms with Crippen LogP contribution in [0.25, 0.3) is 0 Å². The fourth-order valence-electron chi connectivity index (χ4n) is 3.10. The van der Waals surface area contributed by atoms with Gasteiger partial charge in [-0.3, -0.25) is 4.79 Å². The van der Waals surface area contributed by atoms with Gasteiger partial charge in [0.15, 0.2) is 5.96 Å². The van der Waals surface area contributed by atoms with Gasteiger partial charge in [-0.2, -0.15) is 0 Å². The first-order chi connectivity index (χ1) is 12.3. The van der Waals surface area contributed by atoms with Crippen LogP contribution in [0.2, 0.25) is 0 Å². The third-order valence-corrected chi connectivity index (χ3v) is 4.51. The number of hydrogen-bond donors (Lipinski definition) is 2. The Kier molecular flexibility index (Phi) is 13.0. The number of ether oxygens (including phenoxy) is 2. The molecule has 2 N–H and O–H groups in total. The molecule has 26 heavy (non-hydrogen) atoms. The van der Waals surface area contributed by atoms with E-state index in [2.05, 4.69) is 15.6 Å². The summed E-state index contributed by atoms with van der Waals surface area (Å²) in [4.78, 5) is 18.5. The normalized spacial score (nSPS) is 20.6. The van der Waals surface area contributed by atoms with Gasteiger partial charge in [-0.25, -0.2) is 4.99 Å². The maximum atomic E-state index is 12.2. The molecule has 0 bridgehead atoms.